The summed E-state index contributed by atoms with van der Waals surface area (Å²) in [4.78, 5) is 32.5. The van der Waals surface area contributed by atoms with Crippen LogP contribution < -0.4 is 0 Å². The van der Waals surface area contributed by atoms with E-state index in [9.17, 15) is 9.59 Å². The van der Waals surface area contributed by atoms with E-state index in [1.165, 1.54) is 21.6 Å². The predicted molar refractivity (Wildman–Crippen MR) is 148 cm³/mol. The van der Waals surface area contributed by atoms with Crippen LogP contribution in [0.15, 0.2) is 101 Å². The molecule has 3 aromatic carbocycles. The Morgan fingerprint density at radius 3 is 2.22 bits per heavy atom. The van der Waals surface area contributed by atoms with Crippen LogP contribution in [0.5, 0.6) is 0 Å². The van der Waals surface area contributed by atoms with E-state index in [1.807, 2.05) is 84.9 Å². The molecule has 0 aliphatic carbocycles. The van der Waals surface area contributed by atoms with E-state index in [0.29, 0.717) is 12.0 Å². The molecular weight excluding hydrogens is 509 g/mol. The molecule has 1 fully saturated rings. The monoisotopic (exact) mass is 532 g/mol. The Bertz CT molecular complexity index is 1320. The maximum Gasteiger partial charge on any atom is 0.334 e. The molecule has 0 saturated carbocycles. The van der Waals surface area contributed by atoms with Crippen molar-refractivity contribution in [3.63, 3.8) is 0 Å². The number of hydrogen-bond acceptors (Lipinski definition) is 7. The highest BCUT2D eigenvalue weighted by atomic mass is 33.1. The molecule has 8 heteroatoms. The summed E-state index contributed by atoms with van der Waals surface area (Å²) in [7, 11) is 3.07. The first kappa shape index (κ1) is 24.6. The summed E-state index contributed by atoms with van der Waals surface area (Å²) in [5.74, 6) is -0.567. The number of nitrogens with zero attached hydrogens (tertiary/aromatic N) is 2. The van der Waals surface area contributed by atoms with E-state index >= 15 is 0 Å². The maximum absolute atomic E-state index is 13.6. The van der Waals surface area contributed by atoms with Crippen LogP contribution in [-0.4, -0.2) is 33.2 Å². The average molecular weight is 533 g/mol. The van der Waals surface area contributed by atoms with Crippen molar-refractivity contribution in [1.82, 2.24) is 9.88 Å². The van der Waals surface area contributed by atoms with Crippen molar-refractivity contribution in [2.45, 2.75) is 35.2 Å². The van der Waals surface area contributed by atoms with Crippen molar-refractivity contribution in [2.24, 2.45) is 0 Å². The van der Waals surface area contributed by atoms with Gasteiger partial charge in [0, 0.05) is 0 Å². The molecular formula is C28H24N2O3S3. The third-order valence-corrected chi connectivity index (χ3v) is 9.88. The third-order valence-electron chi connectivity index (χ3n) is 5.86. The minimum atomic E-state index is -0.852. The smallest absolute Gasteiger partial charge is 0.334 e. The van der Waals surface area contributed by atoms with Crippen molar-refractivity contribution in [3.05, 3.63) is 108 Å². The highest BCUT2D eigenvalue weighted by Gasteiger charge is 2.46. The fraction of sp³-hybridized carbons (Fsp3) is 0.179. The van der Waals surface area contributed by atoms with Gasteiger partial charge in [0.1, 0.15) is 0 Å². The summed E-state index contributed by atoms with van der Waals surface area (Å²) in [6, 6.07) is 26.4. The van der Waals surface area contributed by atoms with Gasteiger partial charge in [-0.3, -0.25) is 4.79 Å². The zero-order valence-electron chi connectivity index (χ0n) is 19.6. The zero-order valence-corrected chi connectivity index (χ0v) is 22.0. The Morgan fingerprint density at radius 2 is 1.64 bits per heavy atom. The lowest BCUT2D eigenvalue weighted by Gasteiger charge is -2.44. The van der Waals surface area contributed by atoms with Crippen LogP contribution >= 0.6 is 32.9 Å². The zero-order chi connectivity index (χ0) is 25.1. The Kier molecular flexibility index (Phi) is 7.46. The number of aromatic nitrogens is 1. The molecule has 0 radical (unpaired) electrons. The van der Waals surface area contributed by atoms with E-state index in [-0.39, 0.29) is 11.3 Å². The first-order valence-corrected chi connectivity index (χ1v) is 14.5. The first-order chi connectivity index (χ1) is 17.5. The lowest BCUT2D eigenvalue weighted by atomic mass is 10.00. The van der Waals surface area contributed by atoms with Crippen LogP contribution in [0.1, 0.15) is 30.6 Å². The number of ether oxygens (including phenoxy) is 1. The van der Waals surface area contributed by atoms with Crippen molar-refractivity contribution >= 4 is 55.0 Å². The standard InChI is InChI=1S/C28H24N2O3S3/c1-18(2)25(27(32)33-26(19-11-5-3-6-12-19)20-13-7-4-8-14-20)30-23(31)17-24(30)35-36-28-29-21-15-9-10-16-22(21)34-28/h3-16,24-26H,1,17H2,2H3. The molecule has 0 bridgehead atoms. The van der Waals surface area contributed by atoms with E-state index in [4.69, 9.17) is 4.74 Å². The molecule has 4 aromatic rings. The topological polar surface area (TPSA) is 59.5 Å². The molecule has 2 heterocycles. The molecule has 5 rings (SSSR count). The van der Waals surface area contributed by atoms with Crippen LogP contribution in [0, 0.1) is 0 Å². The molecule has 1 amide bonds. The van der Waals surface area contributed by atoms with Gasteiger partial charge in [-0.05, 0) is 46.6 Å². The fourth-order valence-electron chi connectivity index (χ4n) is 4.09. The SMILES string of the molecule is C=C(C)C(C(=O)OC(c1ccccc1)c1ccccc1)N1C(=O)CC1SSc1nc2ccccc2s1. The van der Waals surface area contributed by atoms with Gasteiger partial charge < -0.3 is 9.64 Å². The maximum atomic E-state index is 13.6. The number of rotatable bonds is 9. The highest BCUT2D eigenvalue weighted by Crippen LogP contribution is 2.45. The van der Waals surface area contributed by atoms with E-state index < -0.39 is 18.1 Å². The normalized spacial score (nSPS) is 16.1. The number of thiazole rings is 1. The van der Waals surface area contributed by atoms with Crippen LogP contribution in [0.2, 0.25) is 0 Å². The highest BCUT2D eigenvalue weighted by molar-refractivity contribution is 8.77. The van der Waals surface area contributed by atoms with Gasteiger partial charge in [0.15, 0.2) is 16.5 Å². The third kappa shape index (κ3) is 5.21. The van der Waals surface area contributed by atoms with Crippen LogP contribution in [0.4, 0.5) is 0 Å². The van der Waals surface area contributed by atoms with Gasteiger partial charge in [0.25, 0.3) is 0 Å². The second kappa shape index (κ2) is 10.9. The molecule has 182 valence electrons. The van der Waals surface area contributed by atoms with Gasteiger partial charge in [-0.15, -0.1) is 11.3 Å². The quantitative estimate of drug-likeness (QED) is 0.101. The molecule has 2 atom stereocenters. The Balaban J connectivity index is 1.33. The van der Waals surface area contributed by atoms with Gasteiger partial charge in [-0.1, -0.05) is 90.2 Å². The Morgan fingerprint density at radius 1 is 1.03 bits per heavy atom. The van der Waals surface area contributed by atoms with E-state index in [0.717, 1.165) is 25.7 Å². The summed E-state index contributed by atoms with van der Waals surface area (Å²) in [6.07, 6.45) is -0.221. The number of likely N-dealkylation sites (tertiary alicyclic amines) is 1. The predicted octanol–water partition coefficient (Wildman–Crippen LogP) is 6.87. The lowest BCUT2D eigenvalue weighted by Crippen LogP contribution is -2.59. The number of carbonyl (C=O) groups excluding carboxylic acids is 2. The molecule has 0 spiro atoms. The minimum absolute atomic E-state index is 0.0849. The summed E-state index contributed by atoms with van der Waals surface area (Å²) in [5.41, 5.74) is 3.27. The summed E-state index contributed by atoms with van der Waals surface area (Å²) in [5, 5.41) is -0.171. The number of fused-ring (bicyclic) bond motifs is 1. The lowest BCUT2D eigenvalue weighted by molar-refractivity contribution is -0.162. The minimum Gasteiger partial charge on any atom is -0.451 e. The summed E-state index contributed by atoms with van der Waals surface area (Å²) < 4.78 is 8.13. The molecule has 1 aliphatic rings. The number of esters is 1. The van der Waals surface area contributed by atoms with Crippen molar-refractivity contribution in [1.29, 1.82) is 0 Å². The summed E-state index contributed by atoms with van der Waals surface area (Å²) in [6.45, 7) is 5.79. The van der Waals surface area contributed by atoms with Crippen molar-refractivity contribution in [2.75, 3.05) is 0 Å². The molecule has 1 aromatic heterocycles. The van der Waals surface area contributed by atoms with Crippen molar-refractivity contribution in [3.8, 4) is 0 Å². The largest absolute Gasteiger partial charge is 0.451 e. The van der Waals surface area contributed by atoms with Gasteiger partial charge in [-0.25, -0.2) is 9.78 Å². The number of para-hydroxylation sites is 1. The molecule has 1 aliphatic heterocycles. The second-order valence-corrected chi connectivity index (χ2v) is 12.1. The van der Waals surface area contributed by atoms with Gasteiger partial charge in [0.2, 0.25) is 5.91 Å². The number of β-lactam (4-membered cyclic amide) rings is 1. The Labute approximate surface area is 222 Å². The number of hydrogen-bond donors (Lipinski definition) is 0. The summed E-state index contributed by atoms with van der Waals surface area (Å²) >= 11 is 1.62. The molecule has 0 N–H and O–H groups in total. The van der Waals surface area contributed by atoms with Crippen LogP contribution in [0.3, 0.4) is 0 Å². The number of carbonyl (C=O) groups is 2. The molecule has 1 saturated heterocycles. The van der Waals surface area contributed by atoms with Crippen LogP contribution in [0.25, 0.3) is 10.2 Å². The molecule has 2 unspecified atom stereocenters. The number of benzene rings is 3. The first-order valence-electron chi connectivity index (χ1n) is 11.5. The fourth-order valence-corrected chi connectivity index (χ4v) is 7.90. The van der Waals surface area contributed by atoms with Gasteiger partial charge >= 0.3 is 5.97 Å². The van der Waals surface area contributed by atoms with Gasteiger partial charge in [-0.2, -0.15) is 0 Å². The van der Waals surface area contributed by atoms with Gasteiger partial charge in [0.05, 0.1) is 22.0 Å². The van der Waals surface area contributed by atoms with Crippen LogP contribution in [-0.2, 0) is 14.3 Å². The molecule has 36 heavy (non-hydrogen) atoms. The second-order valence-electron chi connectivity index (χ2n) is 8.47. The average Bonchev–Trinajstić information content (AvgIpc) is 3.31. The van der Waals surface area contributed by atoms with E-state index in [1.54, 1.807) is 23.2 Å². The van der Waals surface area contributed by atoms with Crippen molar-refractivity contribution < 1.29 is 14.3 Å². The molecule has 5 nitrogen and oxygen atoms in total. The Hall–Kier alpha value is -3.07. The number of amides is 1. The van der Waals surface area contributed by atoms with E-state index in [2.05, 4.69) is 11.6 Å².